The molecule has 1 aliphatic rings. The van der Waals surface area contributed by atoms with Crippen LogP contribution in [0.4, 0.5) is 0 Å². The zero-order valence-corrected chi connectivity index (χ0v) is 17.5. The van der Waals surface area contributed by atoms with E-state index in [0.29, 0.717) is 24.4 Å². The molecule has 1 aromatic carbocycles. The van der Waals surface area contributed by atoms with E-state index in [2.05, 4.69) is 5.10 Å². The number of hydrogen-bond acceptors (Lipinski definition) is 5. The number of benzene rings is 1. The van der Waals surface area contributed by atoms with Crippen LogP contribution in [0.2, 0.25) is 0 Å². The van der Waals surface area contributed by atoms with Gasteiger partial charge in [-0.1, -0.05) is 19.1 Å². The Hall–Kier alpha value is -3.09. The number of aromatic nitrogens is 2. The fraction of sp³-hybridized carbons (Fsp3) is 0.409. The van der Waals surface area contributed by atoms with Gasteiger partial charge in [0.05, 0.1) is 29.5 Å². The second-order valence-corrected chi connectivity index (χ2v) is 7.17. The highest BCUT2D eigenvalue weighted by atomic mass is 16.5. The number of aliphatic hydroxyl groups excluding tert-OH is 1. The Morgan fingerprint density at radius 1 is 1.17 bits per heavy atom. The number of ether oxygens (including phenoxy) is 1. The van der Waals surface area contributed by atoms with Crippen LogP contribution in [-0.2, 0) is 16.6 Å². The lowest BCUT2D eigenvalue weighted by Gasteiger charge is -2.24. The van der Waals surface area contributed by atoms with Crippen LogP contribution in [0.3, 0.4) is 0 Å². The second-order valence-electron chi connectivity index (χ2n) is 7.17. The van der Waals surface area contributed by atoms with Gasteiger partial charge in [0.1, 0.15) is 11.5 Å². The number of nitrogens with zero attached hydrogens (tertiary/aromatic N) is 3. The SMILES string of the molecule is CCCOc1ccc(C2/C(=C(\O)c3c(C)nn(C)c3C)C(=O)C(=O)N2CC)cc1. The van der Waals surface area contributed by atoms with Gasteiger partial charge < -0.3 is 14.7 Å². The molecule has 2 aromatic rings. The molecule has 7 nitrogen and oxygen atoms in total. The number of aryl methyl sites for hydroxylation is 2. The van der Waals surface area contributed by atoms with E-state index in [1.807, 2.05) is 45.0 Å². The molecule has 0 bridgehead atoms. The number of amides is 1. The zero-order chi connectivity index (χ0) is 21.3. The van der Waals surface area contributed by atoms with Crippen LogP contribution in [0, 0.1) is 13.8 Å². The average molecular weight is 397 g/mol. The summed E-state index contributed by atoms with van der Waals surface area (Å²) in [6.45, 7) is 8.41. The van der Waals surface area contributed by atoms with E-state index in [1.165, 1.54) is 4.90 Å². The molecule has 0 spiro atoms. The smallest absolute Gasteiger partial charge is 0.295 e. The Morgan fingerprint density at radius 3 is 2.34 bits per heavy atom. The molecule has 1 fully saturated rings. The van der Waals surface area contributed by atoms with Crippen molar-refractivity contribution in [2.24, 2.45) is 7.05 Å². The molecule has 2 heterocycles. The number of carbonyl (C=O) groups excluding carboxylic acids is 2. The van der Waals surface area contributed by atoms with Gasteiger partial charge in [0.15, 0.2) is 0 Å². The highest BCUT2D eigenvalue weighted by Gasteiger charge is 2.45. The molecule has 1 aliphatic heterocycles. The first-order valence-electron chi connectivity index (χ1n) is 9.83. The number of hydrogen-bond donors (Lipinski definition) is 1. The molecular weight excluding hydrogens is 370 g/mol. The summed E-state index contributed by atoms with van der Waals surface area (Å²) in [6, 6.07) is 6.66. The van der Waals surface area contributed by atoms with Crippen molar-refractivity contribution in [3.05, 3.63) is 52.4 Å². The summed E-state index contributed by atoms with van der Waals surface area (Å²) >= 11 is 0. The van der Waals surface area contributed by atoms with E-state index >= 15 is 0 Å². The molecule has 1 aromatic heterocycles. The topological polar surface area (TPSA) is 84.7 Å². The number of rotatable bonds is 6. The predicted octanol–water partition coefficient (Wildman–Crippen LogP) is 3.27. The van der Waals surface area contributed by atoms with E-state index in [4.69, 9.17) is 4.74 Å². The normalized spacial score (nSPS) is 18.5. The van der Waals surface area contributed by atoms with Gasteiger partial charge >= 0.3 is 0 Å². The highest BCUT2D eigenvalue weighted by molar-refractivity contribution is 6.46. The van der Waals surface area contributed by atoms with Crippen molar-refractivity contribution in [1.82, 2.24) is 14.7 Å². The number of Topliss-reactive ketones (excluding diaryl/α,β-unsaturated/α-hetero) is 1. The molecule has 1 saturated heterocycles. The molecule has 29 heavy (non-hydrogen) atoms. The molecule has 1 atom stereocenters. The molecule has 1 N–H and O–H groups in total. The summed E-state index contributed by atoms with van der Waals surface area (Å²) in [5, 5.41) is 15.4. The van der Waals surface area contributed by atoms with Crippen LogP contribution in [0.5, 0.6) is 5.75 Å². The van der Waals surface area contributed by atoms with Crippen LogP contribution in [0.25, 0.3) is 5.76 Å². The van der Waals surface area contributed by atoms with Gasteiger partial charge in [-0.05, 0) is 44.9 Å². The van der Waals surface area contributed by atoms with Crippen molar-refractivity contribution in [2.45, 2.75) is 40.2 Å². The minimum absolute atomic E-state index is 0.0956. The maximum Gasteiger partial charge on any atom is 0.295 e. The number of likely N-dealkylation sites (tertiary alicyclic amines) is 1. The lowest BCUT2D eigenvalue weighted by molar-refractivity contribution is -0.139. The van der Waals surface area contributed by atoms with Crippen molar-refractivity contribution < 1.29 is 19.4 Å². The summed E-state index contributed by atoms with van der Waals surface area (Å²) in [7, 11) is 1.77. The predicted molar refractivity (Wildman–Crippen MR) is 110 cm³/mol. The maximum atomic E-state index is 12.8. The third kappa shape index (κ3) is 3.52. The minimum atomic E-state index is -0.677. The summed E-state index contributed by atoms with van der Waals surface area (Å²) in [6.07, 6.45) is 0.904. The Labute approximate surface area is 170 Å². The molecular formula is C22H27N3O4. The Bertz CT molecular complexity index is 973. The van der Waals surface area contributed by atoms with E-state index in [0.717, 1.165) is 23.4 Å². The summed E-state index contributed by atoms with van der Waals surface area (Å²) < 4.78 is 7.27. The molecule has 0 radical (unpaired) electrons. The van der Waals surface area contributed by atoms with E-state index < -0.39 is 17.7 Å². The van der Waals surface area contributed by atoms with Gasteiger partial charge in [-0.2, -0.15) is 5.10 Å². The van der Waals surface area contributed by atoms with Gasteiger partial charge in [0.25, 0.3) is 11.7 Å². The summed E-state index contributed by atoms with van der Waals surface area (Å²) in [4.78, 5) is 27.0. The Morgan fingerprint density at radius 2 is 1.83 bits per heavy atom. The number of aliphatic hydroxyl groups is 1. The van der Waals surface area contributed by atoms with Crippen LogP contribution < -0.4 is 4.74 Å². The molecule has 1 unspecified atom stereocenters. The first kappa shape index (κ1) is 20.6. The van der Waals surface area contributed by atoms with Crippen molar-refractivity contribution in [3.8, 4) is 5.75 Å². The van der Waals surface area contributed by atoms with Crippen LogP contribution in [0.1, 0.15) is 48.8 Å². The Kier molecular flexibility index (Phi) is 5.77. The van der Waals surface area contributed by atoms with Crippen LogP contribution in [0.15, 0.2) is 29.8 Å². The number of likely N-dealkylation sites (N-methyl/N-ethyl adjacent to an activating group) is 1. The monoisotopic (exact) mass is 397 g/mol. The maximum absolute atomic E-state index is 12.8. The number of ketones is 1. The first-order chi connectivity index (χ1) is 13.8. The van der Waals surface area contributed by atoms with Crippen LogP contribution in [-0.4, -0.2) is 44.6 Å². The van der Waals surface area contributed by atoms with Crippen LogP contribution >= 0.6 is 0 Å². The van der Waals surface area contributed by atoms with Gasteiger partial charge in [-0.3, -0.25) is 14.3 Å². The van der Waals surface area contributed by atoms with Gasteiger partial charge in [-0.15, -0.1) is 0 Å². The third-order valence-electron chi connectivity index (χ3n) is 5.30. The quantitative estimate of drug-likeness (QED) is 0.459. The third-order valence-corrected chi connectivity index (χ3v) is 5.30. The largest absolute Gasteiger partial charge is 0.507 e. The lowest BCUT2D eigenvalue weighted by atomic mass is 9.94. The van der Waals surface area contributed by atoms with Crippen molar-refractivity contribution >= 4 is 17.4 Å². The summed E-state index contributed by atoms with van der Waals surface area (Å²) in [5.41, 5.74) is 2.67. The molecule has 7 heteroatoms. The number of carbonyl (C=O) groups is 2. The zero-order valence-electron chi connectivity index (χ0n) is 17.5. The summed E-state index contributed by atoms with van der Waals surface area (Å²) in [5.74, 6) is -0.741. The minimum Gasteiger partial charge on any atom is -0.507 e. The molecule has 1 amide bonds. The van der Waals surface area contributed by atoms with E-state index in [9.17, 15) is 14.7 Å². The van der Waals surface area contributed by atoms with Crippen molar-refractivity contribution in [1.29, 1.82) is 0 Å². The van der Waals surface area contributed by atoms with Crippen molar-refractivity contribution in [2.75, 3.05) is 13.2 Å². The second kappa shape index (κ2) is 8.11. The lowest BCUT2D eigenvalue weighted by Crippen LogP contribution is -2.29. The fourth-order valence-electron chi connectivity index (χ4n) is 3.77. The standard InChI is InChI=1S/C22H27N3O4/c1-6-12-29-16-10-8-15(9-11-16)19-18(21(27)22(28)25(19)7-2)20(26)17-13(3)23-24(5)14(17)4/h8-11,19,26H,6-7,12H2,1-5H3/b20-18+. The average Bonchev–Trinajstić information content (AvgIpc) is 3.11. The molecule has 0 saturated carbocycles. The van der Waals surface area contributed by atoms with E-state index in [-0.39, 0.29) is 11.3 Å². The Balaban J connectivity index is 2.13. The van der Waals surface area contributed by atoms with Gasteiger partial charge in [0, 0.05) is 19.3 Å². The highest BCUT2D eigenvalue weighted by Crippen LogP contribution is 2.40. The molecule has 3 rings (SSSR count). The molecule has 154 valence electrons. The van der Waals surface area contributed by atoms with Gasteiger partial charge in [0.2, 0.25) is 0 Å². The first-order valence-corrected chi connectivity index (χ1v) is 9.83. The van der Waals surface area contributed by atoms with Crippen molar-refractivity contribution in [3.63, 3.8) is 0 Å². The van der Waals surface area contributed by atoms with Gasteiger partial charge in [-0.25, -0.2) is 0 Å². The molecule has 0 aliphatic carbocycles. The fourth-order valence-corrected chi connectivity index (χ4v) is 3.77. The van der Waals surface area contributed by atoms with E-state index in [1.54, 1.807) is 18.7 Å².